The number of carbonyl (C=O) groups excluding carboxylic acids is 1. The second-order valence-corrected chi connectivity index (χ2v) is 11.2. The van der Waals surface area contributed by atoms with Crippen molar-refractivity contribution in [2.45, 2.75) is 45.5 Å². The average molecular weight is 606 g/mol. The third-order valence-electron chi connectivity index (χ3n) is 7.85. The molecule has 0 N–H and O–H groups in total. The van der Waals surface area contributed by atoms with Gasteiger partial charge in [-0.3, -0.25) is 14.5 Å². The number of aryl methyl sites for hydroxylation is 1. The molecule has 1 amide bonds. The van der Waals surface area contributed by atoms with Crippen molar-refractivity contribution >= 4 is 22.6 Å². The van der Waals surface area contributed by atoms with Crippen molar-refractivity contribution in [3.05, 3.63) is 54.5 Å². The number of amides is 1. The molecule has 1 aromatic carbocycles. The zero-order valence-corrected chi connectivity index (χ0v) is 24.3. The second kappa shape index (κ2) is 11.2. The molecule has 4 aromatic rings. The Labute approximate surface area is 250 Å². The Morgan fingerprint density at radius 1 is 1.07 bits per heavy atom. The summed E-state index contributed by atoms with van der Waals surface area (Å²) in [4.78, 5) is 29.7. The van der Waals surface area contributed by atoms with Crippen molar-refractivity contribution in [2.24, 2.45) is 12.5 Å². The number of benzene rings is 1. The van der Waals surface area contributed by atoms with Gasteiger partial charge in [0.25, 0.3) is 0 Å². The number of halogens is 4. The molecule has 226 valence electrons. The second-order valence-electron chi connectivity index (χ2n) is 11.2. The molecule has 0 spiro atoms. The van der Waals surface area contributed by atoms with Gasteiger partial charge in [-0.2, -0.15) is 28.8 Å². The largest absolute Gasteiger partial charge is 0.391 e. The Hall–Kier alpha value is -5.11. The van der Waals surface area contributed by atoms with Crippen LogP contribution in [0.3, 0.4) is 0 Å². The van der Waals surface area contributed by atoms with Crippen LogP contribution in [0.1, 0.15) is 32.9 Å². The minimum absolute atomic E-state index is 0.0307. The van der Waals surface area contributed by atoms with Gasteiger partial charge in [-0.1, -0.05) is 6.07 Å². The molecule has 5 rings (SSSR count). The molecule has 1 aliphatic rings. The minimum atomic E-state index is -4.70. The number of pyridine rings is 1. The first-order valence-electron chi connectivity index (χ1n) is 13.6. The highest BCUT2D eigenvalue weighted by Crippen LogP contribution is 2.41. The SMILES string of the molecule is C[C@@H]1CN(c2ncnc3c(-c4cc(C#N)n(C)n4)ccc(-c4cncc(F)c4)c23)[C@@H](C)CN1C(=O)[C@@](C)(C#N)CC(F)(F)F. The smallest absolute Gasteiger partial charge is 0.349 e. The Kier molecular flexibility index (Phi) is 7.72. The summed E-state index contributed by atoms with van der Waals surface area (Å²) >= 11 is 0. The first-order chi connectivity index (χ1) is 20.8. The van der Waals surface area contributed by atoms with Gasteiger partial charge in [0.15, 0.2) is 0 Å². The number of hydrogen-bond acceptors (Lipinski definition) is 8. The summed E-state index contributed by atoms with van der Waals surface area (Å²) in [6.07, 6.45) is -2.29. The van der Waals surface area contributed by atoms with Crippen molar-refractivity contribution < 1.29 is 22.4 Å². The van der Waals surface area contributed by atoms with Gasteiger partial charge in [-0.15, -0.1) is 0 Å². The van der Waals surface area contributed by atoms with Gasteiger partial charge in [-0.25, -0.2) is 14.4 Å². The van der Waals surface area contributed by atoms with Crippen LogP contribution in [0.4, 0.5) is 23.4 Å². The van der Waals surface area contributed by atoms with Crippen LogP contribution in [0, 0.1) is 33.9 Å². The van der Waals surface area contributed by atoms with Gasteiger partial charge in [-0.05, 0) is 38.5 Å². The van der Waals surface area contributed by atoms with E-state index in [1.54, 1.807) is 45.2 Å². The molecule has 4 heterocycles. The van der Waals surface area contributed by atoms with Gasteiger partial charge in [0.05, 0.1) is 35.3 Å². The maximum atomic E-state index is 14.3. The monoisotopic (exact) mass is 605 g/mol. The lowest BCUT2D eigenvalue weighted by atomic mass is 9.85. The third kappa shape index (κ3) is 5.51. The molecule has 0 aliphatic carbocycles. The van der Waals surface area contributed by atoms with E-state index in [1.165, 1.54) is 28.2 Å². The molecule has 3 aromatic heterocycles. The number of rotatable bonds is 5. The number of nitriles is 2. The minimum Gasteiger partial charge on any atom is -0.349 e. The van der Waals surface area contributed by atoms with Crippen LogP contribution in [0.5, 0.6) is 0 Å². The highest BCUT2D eigenvalue weighted by molar-refractivity contribution is 6.07. The number of piperazine rings is 1. The predicted octanol–water partition coefficient (Wildman–Crippen LogP) is 5.01. The molecule has 14 heteroatoms. The number of hydrogen-bond donors (Lipinski definition) is 0. The standard InChI is InChI=1S/C30H27F4N9O/c1-17-13-43(28(44)29(3,15-36)14-30(32,33)34)18(2)12-42(17)27-25-22(19-7-20(31)11-37-10-19)5-6-23(26(25)38-16-39-27)24-8-21(9-35)41(4)40-24/h5-8,10-11,16-18H,12-14H2,1-4H3/t17-,18+,29+/m0/s1. The van der Waals surface area contributed by atoms with Crippen molar-refractivity contribution in [1.29, 1.82) is 10.5 Å². The normalized spacial score (nSPS) is 18.5. The highest BCUT2D eigenvalue weighted by atomic mass is 19.4. The third-order valence-corrected chi connectivity index (χ3v) is 7.85. The summed E-state index contributed by atoms with van der Waals surface area (Å²) in [6.45, 7) is 4.73. The number of carbonyl (C=O) groups is 1. The number of alkyl halides is 3. The van der Waals surface area contributed by atoms with E-state index in [9.17, 15) is 32.9 Å². The van der Waals surface area contributed by atoms with Crippen LogP contribution in [0.15, 0.2) is 43.0 Å². The van der Waals surface area contributed by atoms with E-state index in [4.69, 9.17) is 0 Å². The zero-order chi connectivity index (χ0) is 32.0. The summed E-state index contributed by atoms with van der Waals surface area (Å²) in [5.41, 5.74) is 0.651. The number of nitrogens with zero attached hydrogens (tertiary/aromatic N) is 9. The number of anilines is 1. The van der Waals surface area contributed by atoms with Crippen LogP contribution in [0.2, 0.25) is 0 Å². The molecule has 0 radical (unpaired) electrons. The van der Waals surface area contributed by atoms with E-state index in [0.29, 0.717) is 44.8 Å². The van der Waals surface area contributed by atoms with Crippen LogP contribution < -0.4 is 4.90 Å². The van der Waals surface area contributed by atoms with E-state index < -0.39 is 41.8 Å². The molecule has 3 atom stereocenters. The van der Waals surface area contributed by atoms with Crippen molar-refractivity contribution in [2.75, 3.05) is 18.0 Å². The molecule has 44 heavy (non-hydrogen) atoms. The van der Waals surface area contributed by atoms with E-state index in [-0.39, 0.29) is 13.1 Å². The lowest BCUT2D eigenvalue weighted by molar-refractivity contribution is -0.167. The van der Waals surface area contributed by atoms with Crippen molar-refractivity contribution in [3.8, 4) is 34.5 Å². The van der Waals surface area contributed by atoms with Gasteiger partial charge in [0.1, 0.15) is 35.1 Å². The predicted molar refractivity (Wildman–Crippen MR) is 152 cm³/mol. The fourth-order valence-electron chi connectivity index (χ4n) is 5.67. The van der Waals surface area contributed by atoms with Gasteiger partial charge in [0.2, 0.25) is 5.91 Å². The Bertz CT molecular complexity index is 1840. The Balaban J connectivity index is 1.62. The molecule has 1 fully saturated rings. The van der Waals surface area contributed by atoms with E-state index in [0.717, 1.165) is 13.1 Å². The van der Waals surface area contributed by atoms with Crippen molar-refractivity contribution in [1.82, 2.24) is 29.6 Å². The van der Waals surface area contributed by atoms with Crippen LogP contribution in [-0.2, 0) is 11.8 Å². The molecule has 10 nitrogen and oxygen atoms in total. The lowest BCUT2D eigenvalue weighted by Crippen LogP contribution is -2.61. The first-order valence-corrected chi connectivity index (χ1v) is 13.6. The number of aromatic nitrogens is 5. The fourth-order valence-corrected chi connectivity index (χ4v) is 5.67. The maximum Gasteiger partial charge on any atom is 0.391 e. The molecule has 0 bridgehead atoms. The molecule has 0 unspecified atom stereocenters. The molecule has 1 saturated heterocycles. The fraction of sp³-hybridized carbons (Fsp3) is 0.367. The van der Waals surface area contributed by atoms with Gasteiger partial charge in [0, 0.05) is 55.6 Å². The topological polar surface area (TPSA) is 128 Å². The quantitative estimate of drug-likeness (QED) is 0.291. The number of fused-ring (bicyclic) bond motifs is 1. The van der Waals surface area contributed by atoms with E-state index in [1.807, 2.05) is 4.90 Å². The van der Waals surface area contributed by atoms with E-state index in [2.05, 4.69) is 26.1 Å². The maximum absolute atomic E-state index is 14.3. The summed E-state index contributed by atoms with van der Waals surface area (Å²) in [5.74, 6) is -0.978. The molecular weight excluding hydrogens is 578 g/mol. The molecule has 0 saturated carbocycles. The summed E-state index contributed by atoms with van der Waals surface area (Å²) in [5, 5.41) is 24.1. The Morgan fingerprint density at radius 2 is 1.80 bits per heavy atom. The lowest BCUT2D eigenvalue weighted by Gasteiger charge is -2.46. The van der Waals surface area contributed by atoms with E-state index >= 15 is 0 Å². The van der Waals surface area contributed by atoms with Crippen LogP contribution in [0.25, 0.3) is 33.3 Å². The Morgan fingerprint density at radius 3 is 2.43 bits per heavy atom. The zero-order valence-electron chi connectivity index (χ0n) is 24.3. The average Bonchev–Trinajstić information content (AvgIpc) is 3.36. The van der Waals surface area contributed by atoms with Gasteiger partial charge < -0.3 is 9.80 Å². The van der Waals surface area contributed by atoms with Crippen LogP contribution in [-0.4, -0.2) is 66.9 Å². The summed E-state index contributed by atoms with van der Waals surface area (Å²) < 4.78 is 55.6. The summed E-state index contributed by atoms with van der Waals surface area (Å²) in [6, 6.07) is 9.15. The van der Waals surface area contributed by atoms with Crippen molar-refractivity contribution in [3.63, 3.8) is 0 Å². The van der Waals surface area contributed by atoms with Gasteiger partial charge >= 0.3 is 6.18 Å². The first kappa shape index (κ1) is 30.4. The molecular formula is C30H27F4N9O. The molecule has 1 aliphatic heterocycles. The summed E-state index contributed by atoms with van der Waals surface area (Å²) in [7, 11) is 1.65. The highest BCUT2D eigenvalue weighted by Gasteiger charge is 2.48. The van der Waals surface area contributed by atoms with Crippen LogP contribution >= 0.6 is 0 Å².